The molecule has 1 aromatic heterocycles. The number of ether oxygens (including phenoxy) is 2. The Morgan fingerprint density at radius 2 is 1.89 bits per heavy atom. The van der Waals surface area contributed by atoms with E-state index in [0.717, 1.165) is 66.1 Å². The molecule has 2 aliphatic heterocycles. The first-order chi connectivity index (χ1) is 17.7. The van der Waals surface area contributed by atoms with Gasteiger partial charge in [-0.2, -0.15) is 0 Å². The van der Waals surface area contributed by atoms with Gasteiger partial charge in [0.25, 0.3) is 0 Å². The highest BCUT2D eigenvalue weighted by molar-refractivity contribution is 6.30. The molecule has 2 aliphatic rings. The highest BCUT2D eigenvalue weighted by atomic mass is 35.5. The quantitative estimate of drug-likeness (QED) is 0.393. The summed E-state index contributed by atoms with van der Waals surface area (Å²) in [5.74, 6) is 1.61. The highest BCUT2D eigenvalue weighted by Crippen LogP contribution is 2.32. The summed E-state index contributed by atoms with van der Waals surface area (Å²) in [4.78, 5) is 10.1. The Kier molecular flexibility index (Phi) is 9.89. The van der Waals surface area contributed by atoms with Gasteiger partial charge in [-0.05, 0) is 36.1 Å². The fourth-order valence-corrected chi connectivity index (χ4v) is 4.27. The van der Waals surface area contributed by atoms with Crippen molar-refractivity contribution < 1.29 is 19.2 Å². The monoisotopic (exact) mass is 512 g/mol. The first-order valence-electron chi connectivity index (χ1n) is 12.4. The Morgan fingerprint density at radius 1 is 1.06 bits per heavy atom. The van der Waals surface area contributed by atoms with Gasteiger partial charge in [-0.15, -0.1) is 10.2 Å². The Balaban J connectivity index is 0.000000229. The van der Waals surface area contributed by atoms with Crippen LogP contribution in [0.2, 0.25) is 5.15 Å². The number of halogens is 1. The zero-order valence-electron chi connectivity index (χ0n) is 20.5. The van der Waals surface area contributed by atoms with Gasteiger partial charge in [0.05, 0.1) is 12.3 Å². The van der Waals surface area contributed by atoms with Crippen LogP contribution in [-0.2, 0) is 29.3 Å². The summed E-state index contributed by atoms with van der Waals surface area (Å²) in [5, 5.41) is 12.5. The molecule has 8 nitrogen and oxygen atoms in total. The normalized spacial score (nSPS) is 16.0. The Bertz CT molecular complexity index is 1110. The first-order valence-corrected chi connectivity index (χ1v) is 12.7. The van der Waals surface area contributed by atoms with Crippen LogP contribution in [0.15, 0.2) is 48.5 Å². The third kappa shape index (κ3) is 6.93. The number of nitrogens with two attached hydrogens (primary N) is 1. The van der Waals surface area contributed by atoms with Crippen molar-refractivity contribution >= 4 is 11.6 Å². The van der Waals surface area contributed by atoms with Crippen LogP contribution < -0.4 is 20.5 Å². The van der Waals surface area contributed by atoms with E-state index < -0.39 is 0 Å². The van der Waals surface area contributed by atoms with Crippen LogP contribution in [0.25, 0.3) is 11.3 Å². The average Bonchev–Trinajstić information content (AvgIpc) is 3.61. The number of fused-ring (bicyclic) bond motifs is 1. The molecule has 1 unspecified atom stereocenters. The maximum atomic E-state index is 6.39. The van der Waals surface area contributed by atoms with E-state index in [1.165, 1.54) is 5.56 Å². The number of nitrogens with one attached hydrogen (secondary N) is 1. The first kappa shape index (κ1) is 26.3. The van der Waals surface area contributed by atoms with Crippen molar-refractivity contribution in [2.45, 2.75) is 51.8 Å². The molecule has 0 radical (unpaired) electrons. The molecule has 0 spiro atoms. The van der Waals surface area contributed by atoms with E-state index in [4.69, 9.17) is 36.6 Å². The standard InChI is InChI=1S/C19H24ClN3O2.C8H9NO2/c1-2-3-9-16-17(13-21-12-15-10-11-24-25-15)19(20)23-22-18(16)14-7-5-4-6-8-14;9-4-6-1-2-7-8(3-6)11-5-10-7/h4-8,15,21H,2-3,9-13H2,1H3;1-3H,4-5,9H2. The maximum absolute atomic E-state index is 6.39. The molecule has 0 aliphatic carbocycles. The van der Waals surface area contributed by atoms with Crippen molar-refractivity contribution in [3.63, 3.8) is 0 Å². The molecule has 36 heavy (non-hydrogen) atoms. The van der Waals surface area contributed by atoms with Crippen LogP contribution in [0, 0.1) is 0 Å². The molecule has 2 aromatic carbocycles. The van der Waals surface area contributed by atoms with Gasteiger partial charge in [0.1, 0.15) is 6.10 Å². The van der Waals surface area contributed by atoms with Crippen molar-refractivity contribution in [1.82, 2.24) is 15.5 Å². The van der Waals surface area contributed by atoms with Crippen molar-refractivity contribution in [3.8, 4) is 22.8 Å². The lowest BCUT2D eigenvalue weighted by molar-refractivity contribution is -0.273. The molecular weight excluding hydrogens is 480 g/mol. The fraction of sp³-hybridized carbons (Fsp3) is 0.407. The largest absolute Gasteiger partial charge is 0.454 e. The topological polar surface area (TPSA) is 101 Å². The summed E-state index contributed by atoms with van der Waals surface area (Å²) < 4.78 is 10.3. The van der Waals surface area contributed by atoms with E-state index in [9.17, 15) is 0 Å². The van der Waals surface area contributed by atoms with Gasteiger partial charge in [-0.1, -0.05) is 61.3 Å². The third-order valence-corrected chi connectivity index (χ3v) is 6.34. The van der Waals surface area contributed by atoms with Crippen molar-refractivity contribution in [3.05, 3.63) is 70.4 Å². The number of unbranched alkanes of at least 4 members (excludes halogenated alkanes) is 1. The fourth-order valence-electron chi connectivity index (χ4n) is 4.05. The summed E-state index contributed by atoms with van der Waals surface area (Å²) in [6.45, 7) is 5.08. The minimum absolute atomic E-state index is 0.0984. The number of hydrogen-bond acceptors (Lipinski definition) is 8. The third-order valence-electron chi connectivity index (χ3n) is 6.04. The van der Waals surface area contributed by atoms with E-state index in [1.54, 1.807) is 0 Å². The Hall–Kier alpha value is -2.75. The molecule has 1 saturated heterocycles. The van der Waals surface area contributed by atoms with Crippen LogP contribution in [0.3, 0.4) is 0 Å². The molecule has 3 N–H and O–H groups in total. The molecular formula is C27H33ClN4O4. The second-order valence-electron chi connectivity index (χ2n) is 8.62. The van der Waals surface area contributed by atoms with Gasteiger partial charge < -0.3 is 20.5 Å². The van der Waals surface area contributed by atoms with E-state index in [1.807, 2.05) is 36.4 Å². The molecule has 3 heterocycles. The van der Waals surface area contributed by atoms with Gasteiger partial charge in [-0.3, -0.25) is 0 Å². The van der Waals surface area contributed by atoms with Gasteiger partial charge in [0.15, 0.2) is 16.7 Å². The molecule has 192 valence electrons. The zero-order valence-corrected chi connectivity index (χ0v) is 21.3. The summed E-state index contributed by atoms with van der Waals surface area (Å²) in [7, 11) is 0. The van der Waals surface area contributed by atoms with Gasteiger partial charge in [-0.25, -0.2) is 9.78 Å². The van der Waals surface area contributed by atoms with Crippen molar-refractivity contribution in [1.29, 1.82) is 0 Å². The zero-order chi connectivity index (χ0) is 25.2. The van der Waals surface area contributed by atoms with Gasteiger partial charge in [0, 0.05) is 37.2 Å². The van der Waals surface area contributed by atoms with E-state index in [-0.39, 0.29) is 6.10 Å². The van der Waals surface area contributed by atoms with Crippen LogP contribution in [-0.4, -0.2) is 36.2 Å². The number of hydrogen-bond donors (Lipinski definition) is 2. The second kappa shape index (κ2) is 13.5. The summed E-state index contributed by atoms with van der Waals surface area (Å²) in [6, 6.07) is 15.9. The molecule has 5 rings (SSSR count). The van der Waals surface area contributed by atoms with E-state index in [2.05, 4.69) is 34.6 Å². The average molecular weight is 513 g/mol. The second-order valence-corrected chi connectivity index (χ2v) is 8.98. The van der Waals surface area contributed by atoms with E-state index >= 15 is 0 Å². The van der Waals surface area contributed by atoms with Crippen molar-refractivity contribution in [2.24, 2.45) is 5.73 Å². The Labute approximate surface area is 217 Å². The molecule has 0 amide bonds. The Morgan fingerprint density at radius 3 is 2.64 bits per heavy atom. The molecule has 9 heteroatoms. The minimum Gasteiger partial charge on any atom is -0.454 e. The lowest BCUT2D eigenvalue weighted by Gasteiger charge is -2.16. The lowest BCUT2D eigenvalue weighted by atomic mass is 9.97. The predicted octanol–water partition coefficient (Wildman–Crippen LogP) is 4.82. The summed E-state index contributed by atoms with van der Waals surface area (Å²) >= 11 is 6.39. The maximum Gasteiger partial charge on any atom is 0.231 e. The van der Waals surface area contributed by atoms with Crippen LogP contribution in [0.5, 0.6) is 11.5 Å². The van der Waals surface area contributed by atoms with Gasteiger partial charge >= 0.3 is 0 Å². The molecule has 1 atom stereocenters. The summed E-state index contributed by atoms with van der Waals surface area (Å²) in [5.41, 5.74) is 10.7. The number of aromatic nitrogens is 2. The number of nitrogens with zero attached hydrogens (tertiary/aromatic N) is 2. The van der Waals surface area contributed by atoms with E-state index in [0.29, 0.717) is 31.6 Å². The highest BCUT2D eigenvalue weighted by Gasteiger charge is 2.19. The molecule has 1 fully saturated rings. The number of benzene rings is 2. The minimum atomic E-state index is 0.0984. The molecule has 3 aromatic rings. The van der Waals surface area contributed by atoms with Crippen molar-refractivity contribution in [2.75, 3.05) is 19.9 Å². The van der Waals surface area contributed by atoms with Crippen LogP contribution >= 0.6 is 11.6 Å². The number of rotatable bonds is 9. The lowest BCUT2D eigenvalue weighted by Crippen LogP contribution is -2.26. The molecule has 0 bridgehead atoms. The van der Waals surface area contributed by atoms with Gasteiger partial charge in [0.2, 0.25) is 6.79 Å². The predicted molar refractivity (Wildman–Crippen MR) is 139 cm³/mol. The smallest absolute Gasteiger partial charge is 0.231 e. The van der Waals surface area contributed by atoms with Crippen LogP contribution in [0.1, 0.15) is 42.9 Å². The van der Waals surface area contributed by atoms with Crippen LogP contribution in [0.4, 0.5) is 0 Å². The summed E-state index contributed by atoms with van der Waals surface area (Å²) in [6.07, 6.45) is 4.16. The molecule has 0 saturated carbocycles. The SMILES string of the molecule is CCCCc1c(-c2ccccc2)nnc(Cl)c1CNCC1CCOO1.NCc1ccc2c(c1)OCO2.